The summed E-state index contributed by atoms with van der Waals surface area (Å²) in [5, 5.41) is 14.6. The molecule has 130 valence electrons. The van der Waals surface area contributed by atoms with Gasteiger partial charge in [-0.25, -0.2) is 0 Å². The van der Waals surface area contributed by atoms with E-state index in [0.717, 1.165) is 12.1 Å². The normalized spacial score (nSPS) is 31.2. The number of ether oxygens (including phenoxy) is 1. The van der Waals surface area contributed by atoms with Crippen molar-refractivity contribution in [3.8, 4) is 0 Å². The molecule has 0 bridgehead atoms. The summed E-state index contributed by atoms with van der Waals surface area (Å²) in [6.45, 7) is 12.9. The van der Waals surface area contributed by atoms with Gasteiger partial charge in [-0.15, -0.1) is 0 Å². The van der Waals surface area contributed by atoms with Crippen molar-refractivity contribution in [3.05, 3.63) is 0 Å². The zero-order chi connectivity index (χ0) is 17.1. The van der Waals surface area contributed by atoms with E-state index in [0.29, 0.717) is 6.42 Å². The molecule has 1 N–H and O–H groups in total. The van der Waals surface area contributed by atoms with Crippen LogP contribution in [0.2, 0.25) is 18.1 Å². The Morgan fingerprint density at radius 2 is 1.73 bits per heavy atom. The summed E-state index contributed by atoms with van der Waals surface area (Å²) in [6, 6.07) is 0. The van der Waals surface area contributed by atoms with E-state index in [1.165, 1.54) is 0 Å². The zero-order valence-electron chi connectivity index (χ0n) is 15.3. The van der Waals surface area contributed by atoms with Gasteiger partial charge in [0.25, 0.3) is 0 Å². The van der Waals surface area contributed by atoms with Gasteiger partial charge in [0.2, 0.25) is 0 Å². The first-order chi connectivity index (χ1) is 10.0. The van der Waals surface area contributed by atoms with Gasteiger partial charge in [0, 0.05) is 13.0 Å². The zero-order valence-corrected chi connectivity index (χ0v) is 16.3. The monoisotopic (exact) mass is 331 g/mol. The minimum Gasteiger partial charge on any atom is -0.409 e. The molecule has 0 aromatic carbocycles. The first-order valence-corrected chi connectivity index (χ1v) is 10.9. The molecule has 1 aliphatic carbocycles. The van der Waals surface area contributed by atoms with Crippen molar-refractivity contribution in [2.24, 2.45) is 11.1 Å². The third-order valence-electron chi connectivity index (χ3n) is 5.15. The first kappa shape index (κ1) is 19.6. The summed E-state index contributed by atoms with van der Waals surface area (Å²) in [5.74, 6) is 0.114. The Morgan fingerprint density at radius 1 is 1.14 bits per heavy atom. The molecule has 0 amide bonds. The molecule has 22 heavy (non-hydrogen) atoms. The van der Waals surface area contributed by atoms with E-state index in [2.05, 4.69) is 39.0 Å². The van der Waals surface area contributed by atoms with Gasteiger partial charge in [-0.3, -0.25) is 0 Å². The maximum absolute atomic E-state index is 10.5. The van der Waals surface area contributed by atoms with Crippen molar-refractivity contribution < 1.29 is 19.1 Å². The number of rotatable bonds is 5. The molecule has 0 unspecified atom stereocenters. The molecule has 0 radical (unpaired) electrons. The van der Waals surface area contributed by atoms with E-state index in [1.807, 2.05) is 6.92 Å². The van der Waals surface area contributed by atoms with Gasteiger partial charge in [-0.2, -0.15) is 0 Å². The Bertz CT molecular complexity index is 392. The number of hydrogen-bond acceptors (Lipinski definition) is 5. The van der Waals surface area contributed by atoms with Crippen molar-refractivity contribution in [1.29, 1.82) is 0 Å². The largest absolute Gasteiger partial charge is 0.409 e. The van der Waals surface area contributed by atoms with Crippen molar-refractivity contribution in [3.63, 3.8) is 0 Å². The lowest BCUT2D eigenvalue weighted by Crippen LogP contribution is -2.56. The Morgan fingerprint density at radius 3 is 2.18 bits per heavy atom. The third-order valence-corrected chi connectivity index (χ3v) is 9.63. The fourth-order valence-electron chi connectivity index (χ4n) is 2.75. The number of aliphatic hydroxyl groups excluding tert-OH is 1. The number of oxime groups is 1. The van der Waals surface area contributed by atoms with E-state index >= 15 is 0 Å². The van der Waals surface area contributed by atoms with Crippen LogP contribution in [0.1, 0.15) is 40.5 Å². The quantitative estimate of drug-likeness (QED) is 0.477. The molecule has 5 nitrogen and oxygen atoms in total. The second-order valence-electron chi connectivity index (χ2n) is 7.71. The average Bonchev–Trinajstić information content (AvgIpc) is 2.39. The molecule has 0 spiro atoms. The van der Waals surface area contributed by atoms with Gasteiger partial charge in [0.15, 0.2) is 8.32 Å². The lowest BCUT2D eigenvalue weighted by molar-refractivity contribution is -0.106. The van der Waals surface area contributed by atoms with Crippen LogP contribution >= 0.6 is 0 Å². The lowest BCUT2D eigenvalue weighted by Gasteiger charge is -2.46. The van der Waals surface area contributed by atoms with E-state index < -0.39 is 14.4 Å². The van der Waals surface area contributed by atoms with Crippen LogP contribution in [-0.4, -0.2) is 51.7 Å². The maximum atomic E-state index is 10.5. The standard InChI is InChI=1S/C16H33NO4Si/c1-11(17-20-6)12-9-10-13(18)15(14(12)19-5)21-22(7,8)16(2,3)4/h12-15,18H,9-10H2,1-8H3/b17-11+/t12-,13+,14-,15-/m0/s1. The molecule has 1 rings (SSSR count). The number of nitrogens with zero attached hydrogens (tertiary/aromatic N) is 1. The second-order valence-corrected chi connectivity index (χ2v) is 12.5. The third kappa shape index (κ3) is 4.31. The molecule has 6 heteroatoms. The van der Waals surface area contributed by atoms with E-state index in [-0.39, 0.29) is 23.2 Å². The van der Waals surface area contributed by atoms with E-state index in [9.17, 15) is 5.11 Å². The second kappa shape index (κ2) is 7.42. The van der Waals surface area contributed by atoms with Crippen LogP contribution in [0.15, 0.2) is 5.16 Å². The number of hydrogen-bond donors (Lipinski definition) is 1. The van der Waals surface area contributed by atoms with Crippen molar-refractivity contribution in [2.75, 3.05) is 14.2 Å². The van der Waals surface area contributed by atoms with Crippen LogP contribution in [0.3, 0.4) is 0 Å². The topological polar surface area (TPSA) is 60.3 Å². The van der Waals surface area contributed by atoms with Gasteiger partial charge < -0.3 is 19.1 Å². The van der Waals surface area contributed by atoms with Crippen LogP contribution in [0, 0.1) is 5.92 Å². The van der Waals surface area contributed by atoms with Gasteiger partial charge in [0.05, 0.1) is 24.0 Å². The highest BCUT2D eigenvalue weighted by atomic mass is 28.4. The van der Waals surface area contributed by atoms with Gasteiger partial charge in [0.1, 0.15) is 7.11 Å². The SMILES string of the molecule is CO/N=C(\C)[C@@H]1CC[C@@H](O)[C@H](O[Si](C)(C)C(C)(C)C)[C@H]1OC. The summed E-state index contributed by atoms with van der Waals surface area (Å²) in [5.41, 5.74) is 0.894. The minimum atomic E-state index is -1.99. The average molecular weight is 332 g/mol. The highest BCUT2D eigenvalue weighted by molar-refractivity contribution is 6.74. The predicted molar refractivity (Wildman–Crippen MR) is 91.7 cm³/mol. The highest BCUT2D eigenvalue weighted by Gasteiger charge is 2.47. The summed E-state index contributed by atoms with van der Waals surface area (Å²) >= 11 is 0. The lowest BCUT2D eigenvalue weighted by atomic mass is 9.80. The molecule has 4 atom stereocenters. The van der Waals surface area contributed by atoms with Gasteiger partial charge in [-0.05, 0) is 37.9 Å². The van der Waals surface area contributed by atoms with Crippen molar-refractivity contribution in [1.82, 2.24) is 0 Å². The summed E-state index contributed by atoms with van der Waals surface area (Å²) in [7, 11) is 1.24. The highest BCUT2D eigenvalue weighted by Crippen LogP contribution is 2.40. The fraction of sp³-hybridized carbons (Fsp3) is 0.938. The fourth-order valence-corrected chi connectivity index (χ4v) is 4.07. The molecule has 1 fully saturated rings. The van der Waals surface area contributed by atoms with E-state index in [4.69, 9.17) is 14.0 Å². The molecule has 0 aromatic heterocycles. The van der Waals surface area contributed by atoms with Crippen LogP contribution in [0.5, 0.6) is 0 Å². The van der Waals surface area contributed by atoms with Crippen LogP contribution in [-0.2, 0) is 14.0 Å². The van der Waals surface area contributed by atoms with Crippen LogP contribution in [0.4, 0.5) is 0 Å². The summed E-state index contributed by atoms with van der Waals surface area (Å²) < 4.78 is 12.2. The molecule has 0 aliphatic heterocycles. The minimum absolute atomic E-state index is 0.0909. The smallest absolute Gasteiger partial charge is 0.192 e. The molecule has 0 saturated heterocycles. The van der Waals surface area contributed by atoms with E-state index in [1.54, 1.807) is 14.2 Å². The molecule has 1 aliphatic rings. The number of aliphatic hydroxyl groups is 1. The Hall–Kier alpha value is -0.433. The molecule has 0 aromatic rings. The number of methoxy groups -OCH3 is 1. The van der Waals surface area contributed by atoms with Gasteiger partial charge in [-0.1, -0.05) is 25.9 Å². The van der Waals surface area contributed by atoms with Crippen molar-refractivity contribution in [2.45, 2.75) is 77.0 Å². The summed E-state index contributed by atoms with van der Waals surface area (Å²) in [4.78, 5) is 4.90. The first-order valence-electron chi connectivity index (χ1n) is 8.01. The van der Waals surface area contributed by atoms with Crippen LogP contribution < -0.4 is 0 Å². The Kier molecular flexibility index (Phi) is 6.62. The predicted octanol–water partition coefficient (Wildman–Crippen LogP) is 3.19. The Balaban J connectivity index is 3.02. The molecule has 1 saturated carbocycles. The van der Waals surface area contributed by atoms with Crippen molar-refractivity contribution >= 4 is 14.0 Å². The molecule has 0 heterocycles. The molecular weight excluding hydrogens is 298 g/mol. The maximum Gasteiger partial charge on any atom is 0.192 e. The molecular formula is C16H33NO4Si. The van der Waals surface area contributed by atoms with Gasteiger partial charge >= 0.3 is 0 Å². The van der Waals surface area contributed by atoms with Crippen LogP contribution in [0.25, 0.3) is 0 Å². The summed E-state index contributed by atoms with van der Waals surface area (Å²) in [6.07, 6.45) is 0.518. The Labute approximate surface area is 136 Å².